The summed E-state index contributed by atoms with van der Waals surface area (Å²) in [4.78, 5) is 2.23. The van der Waals surface area contributed by atoms with Crippen LogP contribution >= 0.6 is 0 Å². The molecule has 0 amide bonds. The van der Waals surface area contributed by atoms with Crippen LogP contribution in [-0.4, -0.2) is 18.4 Å². The third kappa shape index (κ3) is 2.47. The number of benzene rings is 1. The lowest BCUT2D eigenvalue weighted by atomic mass is 9.92. The molecule has 0 saturated carbocycles. The minimum atomic E-state index is -0.345. The molecule has 0 bridgehead atoms. The maximum atomic E-state index is 13.3. The lowest BCUT2D eigenvalue weighted by molar-refractivity contribution is 0.378. The third-order valence-electron chi connectivity index (χ3n) is 3.70. The highest BCUT2D eigenvalue weighted by Crippen LogP contribution is 2.30. The topological polar surface area (TPSA) is 53.1 Å². The molecule has 98 valence electrons. The van der Waals surface area contributed by atoms with E-state index in [9.17, 15) is 4.39 Å². The molecule has 3 N–H and O–H groups in total. The molecule has 1 aromatic rings. The second kappa shape index (κ2) is 4.96. The molecule has 18 heavy (non-hydrogen) atoms. The largest absolute Gasteiger partial charge is 0.384 e. The van der Waals surface area contributed by atoms with Gasteiger partial charge in [0.1, 0.15) is 11.7 Å². The van der Waals surface area contributed by atoms with Gasteiger partial charge >= 0.3 is 0 Å². The van der Waals surface area contributed by atoms with E-state index in [1.165, 1.54) is 12.1 Å². The van der Waals surface area contributed by atoms with Crippen molar-refractivity contribution >= 4 is 11.5 Å². The van der Waals surface area contributed by atoms with E-state index in [0.717, 1.165) is 31.0 Å². The molecule has 4 heteroatoms. The Balaban J connectivity index is 2.35. The second-order valence-electron chi connectivity index (χ2n) is 5.25. The van der Waals surface area contributed by atoms with E-state index in [1.807, 2.05) is 0 Å². The maximum absolute atomic E-state index is 13.3. The number of hydrogen-bond acceptors (Lipinski definition) is 2. The average molecular weight is 249 g/mol. The highest BCUT2D eigenvalue weighted by molar-refractivity contribution is 6.00. The fraction of sp³-hybridized carbons (Fsp3) is 0.500. The van der Waals surface area contributed by atoms with Crippen LogP contribution in [0.1, 0.15) is 32.3 Å². The van der Waals surface area contributed by atoms with E-state index >= 15 is 0 Å². The average Bonchev–Trinajstić information content (AvgIpc) is 2.29. The number of hydrogen-bond donors (Lipinski definition) is 2. The van der Waals surface area contributed by atoms with Crippen LogP contribution in [0.2, 0.25) is 0 Å². The van der Waals surface area contributed by atoms with Gasteiger partial charge in [-0.15, -0.1) is 0 Å². The molecule has 2 unspecified atom stereocenters. The molecular weight excluding hydrogens is 229 g/mol. The van der Waals surface area contributed by atoms with Gasteiger partial charge in [-0.25, -0.2) is 4.39 Å². The van der Waals surface area contributed by atoms with Gasteiger partial charge in [0.25, 0.3) is 0 Å². The van der Waals surface area contributed by atoms with Crippen LogP contribution in [0.4, 0.5) is 10.1 Å². The van der Waals surface area contributed by atoms with Crippen molar-refractivity contribution in [2.75, 3.05) is 11.4 Å². The fourth-order valence-corrected chi connectivity index (χ4v) is 2.74. The summed E-state index contributed by atoms with van der Waals surface area (Å²) in [5.41, 5.74) is 6.93. The Hall–Kier alpha value is -1.58. The molecule has 2 rings (SSSR count). The Bertz CT molecular complexity index is 458. The minimum Gasteiger partial charge on any atom is -0.384 e. The zero-order chi connectivity index (χ0) is 13.3. The van der Waals surface area contributed by atoms with Crippen LogP contribution in [0, 0.1) is 17.1 Å². The number of anilines is 1. The molecule has 0 spiro atoms. The standard InChI is InChI=1S/C14H20FN3/c1-9-5-6-18(10(2)7-9)13-4-3-11(15)8-12(13)14(16)17/h3-4,8-10H,5-7H2,1-2H3,(H3,16,17). The summed E-state index contributed by atoms with van der Waals surface area (Å²) in [7, 11) is 0. The molecular formula is C14H20FN3. The Labute approximate surface area is 107 Å². The fourth-order valence-electron chi connectivity index (χ4n) is 2.74. The van der Waals surface area contributed by atoms with E-state index < -0.39 is 0 Å². The van der Waals surface area contributed by atoms with Crippen molar-refractivity contribution in [2.45, 2.75) is 32.7 Å². The molecule has 1 fully saturated rings. The van der Waals surface area contributed by atoms with E-state index in [-0.39, 0.29) is 11.7 Å². The summed E-state index contributed by atoms with van der Waals surface area (Å²) < 4.78 is 13.3. The van der Waals surface area contributed by atoms with Crippen molar-refractivity contribution in [1.29, 1.82) is 5.41 Å². The highest BCUT2D eigenvalue weighted by atomic mass is 19.1. The smallest absolute Gasteiger partial charge is 0.125 e. The quantitative estimate of drug-likeness (QED) is 0.625. The predicted molar refractivity (Wildman–Crippen MR) is 72.6 cm³/mol. The van der Waals surface area contributed by atoms with E-state index in [4.69, 9.17) is 11.1 Å². The number of amidine groups is 1. The van der Waals surface area contributed by atoms with Crippen LogP contribution in [0.25, 0.3) is 0 Å². The molecule has 1 aliphatic rings. The van der Waals surface area contributed by atoms with E-state index in [1.54, 1.807) is 6.07 Å². The summed E-state index contributed by atoms with van der Waals surface area (Å²) in [6, 6.07) is 4.92. The molecule has 0 radical (unpaired) electrons. The van der Waals surface area contributed by atoms with E-state index in [0.29, 0.717) is 11.6 Å². The zero-order valence-electron chi connectivity index (χ0n) is 10.9. The first-order chi connectivity index (χ1) is 8.49. The summed E-state index contributed by atoms with van der Waals surface area (Å²) in [5, 5.41) is 7.58. The number of nitrogens with one attached hydrogen (secondary N) is 1. The lowest BCUT2D eigenvalue weighted by Crippen LogP contribution is -2.41. The number of rotatable bonds is 2. The highest BCUT2D eigenvalue weighted by Gasteiger charge is 2.25. The third-order valence-corrected chi connectivity index (χ3v) is 3.70. The zero-order valence-corrected chi connectivity index (χ0v) is 10.9. The summed E-state index contributed by atoms with van der Waals surface area (Å²) in [6.45, 7) is 5.36. The van der Waals surface area contributed by atoms with Crippen LogP contribution < -0.4 is 10.6 Å². The Morgan fingerprint density at radius 2 is 2.17 bits per heavy atom. The number of halogens is 1. The van der Waals surface area contributed by atoms with Crippen LogP contribution in [0.15, 0.2) is 18.2 Å². The number of nitrogen functional groups attached to an aromatic ring is 1. The molecule has 1 heterocycles. The van der Waals surface area contributed by atoms with Crippen molar-refractivity contribution in [1.82, 2.24) is 0 Å². The van der Waals surface area contributed by atoms with Gasteiger partial charge in [-0.1, -0.05) is 6.92 Å². The van der Waals surface area contributed by atoms with E-state index in [2.05, 4.69) is 18.7 Å². The van der Waals surface area contributed by atoms with Crippen molar-refractivity contribution < 1.29 is 4.39 Å². The lowest BCUT2D eigenvalue weighted by Gasteiger charge is -2.39. The SMILES string of the molecule is CC1CCN(c2ccc(F)cc2C(=N)N)C(C)C1. The first-order valence-corrected chi connectivity index (χ1v) is 6.39. The van der Waals surface area contributed by atoms with Crippen LogP contribution in [0.3, 0.4) is 0 Å². The van der Waals surface area contributed by atoms with Crippen LogP contribution in [0.5, 0.6) is 0 Å². The van der Waals surface area contributed by atoms with Gasteiger partial charge in [0.2, 0.25) is 0 Å². The first kappa shape index (κ1) is 12.9. The number of nitrogens with two attached hydrogens (primary N) is 1. The van der Waals surface area contributed by atoms with Gasteiger partial charge < -0.3 is 10.6 Å². The summed E-state index contributed by atoms with van der Waals surface area (Å²) >= 11 is 0. The number of nitrogens with zero attached hydrogens (tertiary/aromatic N) is 1. The molecule has 0 aliphatic carbocycles. The summed E-state index contributed by atoms with van der Waals surface area (Å²) in [5.74, 6) is 0.301. The predicted octanol–water partition coefficient (Wildman–Crippen LogP) is 2.73. The number of piperidine rings is 1. The van der Waals surface area contributed by atoms with Crippen molar-refractivity contribution in [3.8, 4) is 0 Å². The molecule has 3 nitrogen and oxygen atoms in total. The minimum absolute atomic E-state index is 0.0738. The van der Waals surface area contributed by atoms with Gasteiger partial charge in [-0.05, 0) is 43.9 Å². The maximum Gasteiger partial charge on any atom is 0.125 e. The molecule has 1 aliphatic heterocycles. The molecule has 0 aromatic heterocycles. The summed E-state index contributed by atoms with van der Waals surface area (Å²) in [6.07, 6.45) is 2.24. The molecule has 1 aromatic carbocycles. The van der Waals surface area contributed by atoms with Gasteiger partial charge in [0, 0.05) is 23.8 Å². The first-order valence-electron chi connectivity index (χ1n) is 6.39. The van der Waals surface area contributed by atoms with Gasteiger partial charge in [0.15, 0.2) is 0 Å². The van der Waals surface area contributed by atoms with Crippen LogP contribution in [-0.2, 0) is 0 Å². The normalized spacial score (nSPS) is 24.1. The Morgan fingerprint density at radius 3 is 2.78 bits per heavy atom. The van der Waals surface area contributed by atoms with Gasteiger partial charge in [0.05, 0.1) is 0 Å². The van der Waals surface area contributed by atoms with Gasteiger partial charge in [-0.2, -0.15) is 0 Å². The van der Waals surface area contributed by atoms with Crippen molar-refractivity contribution in [3.63, 3.8) is 0 Å². The Kier molecular flexibility index (Phi) is 3.55. The Morgan fingerprint density at radius 1 is 1.44 bits per heavy atom. The molecule has 2 atom stereocenters. The van der Waals surface area contributed by atoms with Crippen molar-refractivity contribution in [3.05, 3.63) is 29.6 Å². The molecule has 1 saturated heterocycles. The monoisotopic (exact) mass is 249 g/mol. The second-order valence-corrected chi connectivity index (χ2v) is 5.25. The van der Waals surface area contributed by atoms with Crippen molar-refractivity contribution in [2.24, 2.45) is 11.7 Å². The van der Waals surface area contributed by atoms with Gasteiger partial charge in [-0.3, -0.25) is 5.41 Å².